The topological polar surface area (TPSA) is 45.2 Å². The zero-order chi connectivity index (χ0) is 14.8. The summed E-state index contributed by atoms with van der Waals surface area (Å²) in [7, 11) is 0. The first-order chi connectivity index (χ1) is 10.1. The van der Waals surface area contributed by atoms with Crippen molar-refractivity contribution in [2.24, 2.45) is 0 Å². The van der Waals surface area contributed by atoms with Gasteiger partial charge in [-0.3, -0.25) is 9.69 Å². The number of amides is 1. The SMILES string of the molecule is C[C@@H]1CCC[C@@H](C)N1CC(=O)Nc1nc2ccccc2s1. The van der Waals surface area contributed by atoms with E-state index in [4.69, 9.17) is 0 Å². The average molecular weight is 303 g/mol. The third kappa shape index (κ3) is 3.24. The Balaban J connectivity index is 1.65. The highest BCUT2D eigenvalue weighted by atomic mass is 32.1. The molecule has 0 bridgehead atoms. The number of aromatic nitrogens is 1. The summed E-state index contributed by atoms with van der Waals surface area (Å²) in [6, 6.07) is 8.91. The highest BCUT2D eigenvalue weighted by Gasteiger charge is 2.26. The summed E-state index contributed by atoms with van der Waals surface area (Å²) in [5.41, 5.74) is 0.942. The number of rotatable bonds is 3. The van der Waals surface area contributed by atoms with Crippen molar-refractivity contribution in [1.82, 2.24) is 9.88 Å². The maximum absolute atomic E-state index is 12.3. The van der Waals surface area contributed by atoms with Gasteiger partial charge in [0.25, 0.3) is 0 Å². The van der Waals surface area contributed by atoms with Crippen molar-refractivity contribution in [2.45, 2.75) is 45.2 Å². The Kier molecular flexibility index (Phi) is 4.22. The number of hydrogen-bond acceptors (Lipinski definition) is 4. The smallest absolute Gasteiger partial charge is 0.240 e. The zero-order valence-electron chi connectivity index (χ0n) is 12.5. The lowest BCUT2D eigenvalue weighted by Crippen LogP contribution is -2.47. The van der Waals surface area contributed by atoms with E-state index in [1.807, 2.05) is 24.3 Å². The molecule has 1 fully saturated rings. The number of carbonyl (C=O) groups excluding carboxylic acids is 1. The van der Waals surface area contributed by atoms with Crippen molar-refractivity contribution < 1.29 is 4.79 Å². The lowest BCUT2D eigenvalue weighted by atomic mass is 9.97. The molecule has 1 aliphatic rings. The zero-order valence-corrected chi connectivity index (χ0v) is 13.3. The number of anilines is 1. The van der Waals surface area contributed by atoms with E-state index in [0.717, 1.165) is 10.2 Å². The van der Waals surface area contributed by atoms with Crippen LogP contribution in [0.25, 0.3) is 10.2 Å². The van der Waals surface area contributed by atoms with Gasteiger partial charge >= 0.3 is 0 Å². The average Bonchev–Trinajstić information content (AvgIpc) is 2.85. The molecule has 1 aromatic heterocycles. The quantitative estimate of drug-likeness (QED) is 0.944. The van der Waals surface area contributed by atoms with Crippen LogP contribution < -0.4 is 5.32 Å². The highest BCUT2D eigenvalue weighted by Crippen LogP contribution is 2.26. The van der Waals surface area contributed by atoms with Crippen LogP contribution in [0.5, 0.6) is 0 Å². The van der Waals surface area contributed by atoms with Crippen molar-refractivity contribution in [3.63, 3.8) is 0 Å². The van der Waals surface area contributed by atoms with E-state index in [0.29, 0.717) is 23.8 Å². The minimum atomic E-state index is 0.0367. The second kappa shape index (κ2) is 6.12. The number of para-hydroxylation sites is 1. The Labute approximate surface area is 129 Å². The van der Waals surface area contributed by atoms with Crippen molar-refractivity contribution in [2.75, 3.05) is 11.9 Å². The molecule has 0 spiro atoms. The van der Waals surface area contributed by atoms with Crippen LogP contribution in [0.4, 0.5) is 5.13 Å². The number of fused-ring (bicyclic) bond motifs is 1. The van der Waals surface area contributed by atoms with Crippen molar-refractivity contribution in [3.05, 3.63) is 24.3 Å². The first-order valence-electron chi connectivity index (χ1n) is 7.54. The van der Waals surface area contributed by atoms with E-state index < -0.39 is 0 Å². The monoisotopic (exact) mass is 303 g/mol. The molecular formula is C16H21N3OS. The summed E-state index contributed by atoms with van der Waals surface area (Å²) in [5, 5.41) is 3.64. The van der Waals surface area contributed by atoms with Gasteiger partial charge in [0.15, 0.2) is 5.13 Å². The van der Waals surface area contributed by atoms with Gasteiger partial charge in [0, 0.05) is 12.1 Å². The third-order valence-electron chi connectivity index (χ3n) is 4.24. The number of thiazole rings is 1. The standard InChI is InChI=1S/C16H21N3OS/c1-11-6-5-7-12(2)19(11)10-15(20)18-16-17-13-8-3-4-9-14(13)21-16/h3-4,8-9,11-12H,5-7,10H2,1-2H3,(H,17,18,20)/t11-,12-/m1/s1. The fourth-order valence-corrected chi connectivity index (χ4v) is 3.92. The normalized spacial score (nSPS) is 23.3. The van der Waals surface area contributed by atoms with Crippen LogP contribution in [0.2, 0.25) is 0 Å². The first kappa shape index (κ1) is 14.5. The largest absolute Gasteiger partial charge is 0.301 e. The number of hydrogen-bond donors (Lipinski definition) is 1. The van der Waals surface area contributed by atoms with Crippen LogP contribution in [-0.4, -0.2) is 34.4 Å². The Bertz CT molecular complexity index is 596. The second-order valence-corrected chi connectivity index (χ2v) is 6.87. The number of benzene rings is 1. The molecule has 4 nitrogen and oxygen atoms in total. The predicted octanol–water partition coefficient (Wildman–Crippen LogP) is 3.50. The molecule has 2 atom stereocenters. The molecule has 2 heterocycles. The van der Waals surface area contributed by atoms with Gasteiger partial charge in [-0.1, -0.05) is 29.9 Å². The summed E-state index contributed by atoms with van der Waals surface area (Å²) in [6.45, 7) is 4.87. The summed E-state index contributed by atoms with van der Waals surface area (Å²) in [6.07, 6.45) is 3.62. The van der Waals surface area contributed by atoms with E-state index in [-0.39, 0.29) is 5.91 Å². The lowest BCUT2D eigenvalue weighted by molar-refractivity contribution is -0.118. The van der Waals surface area contributed by atoms with E-state index in [2.05, 4.69) is 29.0 Å². The summed E-state index contributed by atoms with van der Waals surface area (Å²) < 4.78 is 1.10. The first-order valence-corrected chi connectivity index (χ1v) is 8.36. The Hall–Kier alpha value is -1.46. The number of likely N-dealkylation sites (tertiary alicyclic amines) is 1. The number of nitrogens with one attached hydrogen (secondary N) is 1. The number of nitrogens with zero attached hydrogens (tertiary/aromatic N) is 2. The van der Waals surface area contributed by atoms with E-state index >= 15 is 0 Å². The molecule has 112 valence electrons. The number of piperidine rings is 1. The summed E-state index contributed by atoms with van der Waals surface area (Å²) >= 11 is 1.53. The molecule has 0 saturated carbocycles. The molecule has 0 radical (unpaired) electrons. The number of carbonyl (C=O) groups is 1. The van der Waals surface area contributed by atoms with Gasteiger partial charge in [0.1, 0.15) is 0 Å². The lowest BCUT2D eigenvalue weighted by Gasteiger charge is -2.38. The van der Waals surface area contributed by atoms with Gasteiger partial charge in [-0.25, -0.2) is 4.98 Å². The molecule has 0 unspecified atom stereocenters. The molecular weight excluding hydrogens is 282 g/mol. The molecule has 0 aliphatic carbocycles. The molecule has 5 heteroatoms. The van der Waals surface area contributed by atoms with Crippen LogP contribution in [0, 0.1) is 0 Å². The molecule has 1 N–H and O–H groups in total. The van der Waals surface area contributed by atoms with Crippen LogP contribution in [0.15, 0.2) is 24.3 Å². The van der Waals surface area contributed by atoms with Crippen LogP contribution in [-0.2, 0) is 4.79 Å². The maximum atomic E-state index is 12.3. The van der Waals surface area contributed by atoms with Gasteiger partial charge in [-0.2, -0.15) is 0 Å². The van der Waals surface area contributed by atoms with E-state index in [9.17, 15) is 4.79 Å². The summed E-state index contributed by atoms with van der Waals surface area (Å²) in [5.74, 6) is 0.0367. The van der Waals surface area contributed by atoms with E-state index in [1.54, 1.807) is 0 Å². The Morgan fingerprint density at radius 1 is 1.33 bits per heavy atom. The predicted molar refractivity (Wildman–Crippen MR) is 87.7 cm³/mol. The van der Waals surface area contributed by atoms with Crippen LogP contribution >= 0.6 is 11.3 Å². The molecule has 1 saturated heterocycles. The minimum absolute atomic E-state index is 0.0367. The van der Waals surface area contributed by atoms with Crippen molar-refractivity contribution >= 4 is 32.6 Å². The van der Waals surface area contributed by atoms with Crippen LogP contribution in [0.3, 0.4) is 0 Å². The van der Waals surface area contributed by atoms with Crippen molar-refractivity contribution in [3.8, 4) is 0 Å². The fourth-order valence-electron chi connectivity index (χ4n) is 3.04. The fraction of sp³-hybridized carbons (Fsp3) is 0.500. The van der Waals surface area contributed by atoms with Gasteiger partial charge in [-0.15, -0.1) is 0 Å². The molecule has 2 aromatic rings. The molecule has 1 aromatic carbocycles. The molecule has 1 aliphatic heterocycles. The van der Waals surface area contributed by atoms with Crippen molar-refractivity contribution in [1.29, 1.82) is 0 Å². The van der Waals surface area contributed by atoms with Gasteiger partial charge in [0.05, 0.1) is 16.8 Å². The third-order valence-corrected chi connectivity index (χ3v) is 5.19. The maximum Gasteiger partial charge on any atom is 0.240 e. The van der Waals surface area contributed by atoms with Gasteiger partial charge in [0.2, 0.25) is 5.91 Å². The highest BCUT2D eigenvalue weighted by molar-refractivity contribution is 7.22. The molecule has 1 amide bonds. The summed E-state index contributed by atoms with van der Waals surface area (Å²) in [4.78, 5) is 19.0. The minimum Gasteiger partial charge on any atom is -0.301 e. The Morgan fingerprint density at radius 2 is 2.05 bits per heavy atom. The Morgan fingerprint density at radius 3 is 2.76 bits per heavy atom. The molecule has 21 heavy (non-hydrogen) atoms. The second-order valence-electron chi connectivity index (χ2n) is 5.84. The van der Waals surface area contributed by atoms with Gasteiger partial charge < -0.3 is 5.32 Å². The van der Waals surface area contributed by atoms with E-state index in [1.165, 1.54) is 30.6 Å². The van der Waals surface area contributed by atoms with Crippen LogP contribution in [0.1, 0.15) is 33.1 Å². The molecule has 3 rings (SSSR count). The van der Waals surface area contributed by atoms with Gasteiger partial charge in [-0.05, 0) is 38.8 Å².